The van der Waals surface area contributed by atoms with Crippen LogP contribution in [0.3, 0.4) is 0 Å². The Morgan fingerprint density at radius 1 is 1.00 bits per heavy atom. The van der Waals surface area contributed by atoms with Crippen LogP contribution in [-0.4, -0.2) is 59.9 Å². The van der Waals surface area contributed by atoms with E-state index < -0.39 is 0 Å². The Balaban J connectivity index is 1.75. The number of amides is 2. The summed E-state index contributed by atoms with van der Waals surface area (Å²) in [4.78, 5) is 32.7. The molecule has 0 unspecified atom stereocenters. The fourth-order valence-corrected chi connectivity index (χ4v) is 3.94. The van der Waals surface area contributed by atoms with Crippen molar-refractivity contribution in [3.8, 4) is 0 Å². The van der Waals surface area contributed by atoms with Crippen LogP contribution in [0.15, 0.2) is 54.7 Å². The van der Waals surface area contributed by atoms with Gasteiger partial charge in [0.15, 0.2) is 0 Å². The van der Waals surface area contributed by atoms with E-state index >= 15 is 0 Å². The maximum atomic E-state index is 13.4. The first kappa shape index (κ1) is 25.4. The number of carbonyl (C=O) groups excluding carboxylic acids is 2. The number of rotatable bonds is 13. The number of para-hydroxylation sites is 1. The third kappa shape index (κ3) is 7.15. The lowest BCUT2D eigenvalue weighted by Crippen LogP contribution is -2.44. The molecule has 0 spiro atoms. The van der Waals surface area contributed by atoms with E-state index in [0.29, 0.717) is 39.1 Å². The van der Waals surface area contributed by atoms with Crippen LogP contribution in [-0.2, 0) is 27.3 Å². The molecular weight excluding hydrogens is 433 g/mol. The maximum absolute atomic E-state index is 13.4. The van der Waals surface area contributed by atoms with E-state index in [1.54, 1.807) is 29.0 Å². The highest BCUT2D eigenvalue weighted by Crippen LogP contribution is 2.19. The molecule has 1 aromatic heterocycles. The molecule has 0 bridgehead atoms. The van der Waals surface area contributed by atoms with E-state index in [1.807, 2.05) is 31.3 Å². The minimum Gasteiger partial charge on any atom is -0.383 e. The molecule has 2 aromatic carbocycles. The van der Waals surface area contributed by atoms with Gasteiger partial charge in [-0.15, -0.1) is 0 Å². The second kappa shape index (κ2) is 12.9. The molecule has 0 aliphatic carbocycles. The first-order chi connectivity index (χ1) is 16.5. The summed E-state index contributed by atoms with van der Waals surface area (Å²) in [5.74, 6) is -0.483. The van der Waals surface area contributed by atoms with Crippen molar-refractivity contribution in [1.29, 1.82) is 0 Å². The Kier molecular flexibility index (Phi) is 9.64. The lowest BCUT2D eigenvalue weighted by Gasteiger charge is -2.28. The molecule has 7 heteroatoms. The molecule has 0 aliphatic rings. The van der Waals surface area contributed by atoms with E-state index in [-0.39, 0.29) is 24.2 Å². The average Bonchev–Trinajstić information content (AvgIpc) is 3.27. The highest BCUT2D eigenvalue weighted by atomic mass is 19.1. The standard InChI is InChI=1S/C27H34FN3O3/c1-3-4-9-26(32)31(16-17-34-2)20-27(33)30(19-21-10-12-23(28)13-11-21)15-14-22-18-29-25-8-6-5-7-24(22)25/h5-8,10-13,18,29H,3-4,9,14-17,19-20H2,1-2H3. The van der Waals surface area contributed by atoms with E-state index in [9.17, 15) is 14.0 Å². The van der Waals surface area contributed by atoms with E-state index in [0.717, 1.165) is 34.9 Å². The first-order valence-corrected chi connectivity index (χ1v) is 11.9. The molecule has 3 aromatic rings. The molecule has 182 valence electrons. The third-order valence-corrected chi connectivity index (χ3v) is 5.95. The lowest BCUT2D eigenvalue weighted by atomic mass is 10.1. The molecule has 0 aliphatic heterocycles. The molecule has 3 rings (SSSR count). The Bertz CT molecular complexity index is 1060. The van der Waals surface area contributed by atoms with Gasteiger partial charge < -0.3 is 19.5 Å². The van der Waals surface area contributed by atoms with Crippen molar-refractivity contribution < 1.29 is 18.7 Å². The summed E-state index contributed by atoms with van der Waals surface area (Å²) >= 11 is 0. The zero-order valence-electron chi connectivity index (χ0n) is 20.1. The van der Waals surface area contributed by atoms with E-state index in [1.165, 1.54) is 12.1 Å². The van der Waals surface area contributed by atoms with E-state index in [2.05, 4.69) is 11.1 Å². The molecule has 0 fully saturated rings. The van der Waals surface area contributed by atoms with Gasteiger partial charge in [-0.2, -0.15) is 0 Å². The molecule has 0 radical (unpaired) electrons. The normalized spacial score (nSPS) is 11.0. The van der Waals surface area contributed by atoms with Gasteiger partial charge in [0.25, 0.3) is 0 Å². The van der Waals surface area contributed by atoms with Gasteiger partial charge in [0.2, 0.25) is 11.8 Å². The van der Waals surface area contributed by atoms with Crippen LogP contribution in [0.4, 0.5) is 4.39 Å². The van der Waals surface area contributed by atoms with Gasteiger partial charge in [-0.3, -0.25) is 9.59 Å². The number of aromatic amines is 1. The molecule has 34 heavy (non-hydrogen) atoms. The number of ether oxygens (including phenoxy) is 1. The number of nitrogens with one attached hydrogen (secondary N) is 1. The molecule has 0 saturated heterocycles. The number of H-pyrrole nitrogens is 1. The maximum Gasteiger partial charge on any atom is 0.242 e. The van der Waals surface area contributed by atoms with Crippen LogP contribution < -0.4 is 0 Å². The molecule has 0 saturated carbocycles. The summed E-state index contributed by atoms with van der Waals surface area (Å²) < 4.78 is 18.6. The summed E-state index contributed by atoms with van der Waals surface area (Å²) in [6.07, 6.45) is 4.76. The van der Waals surface area contributed by atoms with Crippen molar-refractivity contribution in [2.45, 2.75) is 39.2 Å². The summed E-state index contributed by atoms with van der Waals surface area (Å²) in [6.45, 7) is 3.62. The topological polar surface area (TPSA) is 65.6 Å². The van der Waals surface area contributed by atoms with Gasteiger partial charge in [-0.25, -0.2) is 4.39 Å². The predicted molar refractivity (Wildman–Crippen MR) is 132 cm³/mol. The fourth-order valence-electron chi connectivity index (χ4n) is 3.94. The Labute approximate surface area is 200 Å². The number of unbranched alkanes of at least 4 members (excludes halogenated alkanes) is 1. The SMILES string of the molecule is CCCCC(=O)N(CCOC)CC(=O)N(CCc1c[nH]c2ccccc12)Cc1ccc(F)cc1. The highest BCUT2D eigenvalue weighted by molar-refractivity contribution is 5.85. The van der Waals surface area contributed by atoms with Crippen molar-refractivity contribution >= 4 is 22.7 Å². The number of nitrogens with zero attached hydrogens (tertiary/aromatic N) is 2. The van der Waals surface area contributed by atoms with Crippen molar-refractivity contribution in [3.05, 3.63) is 71.7 Å². The third-order valence-electron chi connectivity index (χ3n) is 5.95. The van der Waals surface area contributed by atoms with Gasteiger partial charge in [0.05, 0.1) is 13.2 Å². The van der Waals surface area contributed by atoms with Crippen LogP contribution in [0, 0.1) is 5.82 Å². The number of fused-ring (bicyclic) bond motifs is 1. The first-order valence-electron chi connectivity index (χ1n) is 11.9. The molecular formula is C27H34FN3O3. The van der Waals surface area contributed by atoms with Crippen LogP contribution in [0.5, 0.6) is 0 Å². The molecule has 1 N–H and O–H groups in total. The molecule has 0 atom stereocenters. The fraction of sp³-hybridized carbons (Fsp3) is 0.407. The van der Waals surface area contributed by atoms with E-state index in [4.69, 9.17) is 4.74 Å². The number of benzene rings is 2. The minimum absolute atomic E-state index is 0.000979. The average molecular weight is 468 g/mol. The number of aromatic nitrogens is 1. The summed E-state index contributed by atoms with van der Waals surface area (Å²) in [5.41, 5.74) is 3.03. The Morgan fingerprint density at radius 3 is 2.50 bits per heavy atom. The lowest BCUT2D eigenvalue weighted by molar-refractivity contribution is -0.141. The second-order valence-corrected chi connectivity index (χ2v) is 8.46. The highest BCUT2D eigenvalue weighted by Gasteiger charge is 2.21. The van der Waals surface area contributed by atoms with Crippen LogP contribution in [0.1, 0.15) is 37.3 Å². The number of hydrogen-bond acceptors (Lipinski definition) is 3. The Morgan fingerprint density at radius 2 is 1.76 bits per heavy atom. The number of halogens is 1. The van der Waals surface area contributed by atoms with Gasteiger partial charge in [-0.05, 0) is 42.2 Å². The van der Waals surface area contributed by atoms with Crippen molar-refractivity contribution in [2.24, 2.45) is 0 Å². The zero-order valence-corrected chi connectivity index (χ0v) is 20.1. The number of methoxy groups -OCH3 is 1. The van der Waals surface area contributed by atoms with Crippen LogP contribution in [0.2, 0.25) is 0 Å². The summed E-state index contributed by atoms with van der Waals surface area (Å²) in [7, 11) is 1.58. The summed E-state index contributed by atoms with van der Waals surface area (Å²) in [5, 5.41) is 1.13. The number of hydrogen-bond donors (Lipinski definition) is 1. The van der Waals surface area contributed by atoms with Crippen LogP contribution >= 0.6 is 0 Å². The Hall–Kier alpha value is -3.19. The monoisotopic (exact) mass is 467 g/mol. The van der Waals surface area contributed by atoms with Crippen molar-refractivity contribution in [2.75, 3.05) is 33.4 Å². The van der Waals surface area contributed by atoms with Gasteiger partial charge in [-0.1, -0.05) is 43.7 Å². The molecule has 1 heterocycles. The van der Waals surface area contributed by atoms with Gasteiger partial charge >= 0.3 is 0 Å². The smallest absolute Gasteiger partial charge is 0.242 e. The van der Waals surface area contributed by atoms with Crippen LogP contribution in [0.25, 0.3) is 10.9 Å². The second-order valence-electron chi connectivity index (χ2n) is 8.46. The largest absolute Gasteiger partial charge is 0.383 e. The quantitative estimate of drug-likeness (QED) is 0.401. The molecule has 2 amide bonds. The molecule has 6 nitrogen and oxygen atoms in total. The van der Waals surface area contributed by atoms with Gasteiger partial charge in [0.1, 0.15) is 5.82 Å². The predicted octanol–water partition coefficient (Wildman–Crippen LogP) is 4.54. The zero-order chi connectivity index (χ0) is 24.3. The summed E-state index contributed by atoms with van der Waals surface area (Å²) in [6, 6.07) is 14.2. The number of carbonyl (C=O) groups is 2. The minimum atomic E-state index is -0.312. The van der Waals surface area contributed by atoms with Crippen molar-refractivity contribution in [3.63, 3.8) is 0 Å². The van der Waals surface area contributed by atoms with Crippen molar-refractivity contribution in [1.82, 2.24) is 14.8 Å². The van der Waals surface area contributed by atoms with Gasteiger partial charge in [0, 0.05) is 50.3 Å².